The number of benzene rings is 1. The van der Waals surface area contributed by atoms with Gasteiger partial charge in [0.1, 0.15) is 22.7 Å². The summed E-state index contributed by atoms with van der Waals surface area (Å²) < 4.78 is 54.6. The number of nitrogens with zero attached hydrogens (tertiary/aromatic N) is 5. The van der Waals surface area contributed by atoms with Gasteiger partial charge in [0.2, 0.25) is 11.7 Å². The third-order valence-electron chi connectivity index (χ3n) is 4.21. The normalized spacial score (nSPS) is 12.3. The van der Waals surface area contributed by atoms with Crippen molar-refractivity contribution in [1.82, 2.24) is 9.97 Å². The van der Waals surface area contributed by atoms with Gasteiger partial charge in [-0.15, -0.1) is 0 Å². The van der Waals surface area contributed by atoms with Crippen molar-refractivity contribution < 1.29 is 31.9 Å². The molecule has 0 radical (unpaired) electrons. The Labute approximate surface area is 167 Å². The van der Waals surface area contributed by atoms with Crippen LogP contribution in [0, 0.1) is 0 Å². The van der Waals surface area contributed by atoms with Crippen LogP contribution in [0.2, 0.25) is 0 Å². The van der Waals surface area contributed by atoms with E-state index < -0.39 is 23.9 Å². The SMILES string of the molecule is COC(=O)c1oc(-c2ccc(OC)c3nc(C(F)(F)F)ccc23)nc1C(C)N=[N+]=[N-]. The molecule has 0 spiro atoms. The number of hydrogen-bond acceptors (Lipinski definition) is 7. The molecule has 1 aromatic carbocycles. The van der Waals surface area contributed by atoms with Crippen molar-refractivity contribution >= 4 is 16.9 Å². The molecule has 1 unspecified atom stereocenters. The first-order chi connectivity index (χ1) is 14.2. The number of carbonyl (C=O) groups is 1. The maximum atomic E-state index is 13.1. The van der Waals surface area contributed by atoms with Gasteiger partial charge in [-0.3, -0.25) is 0 Å². The van der Waals surface area contributed by atoms with Crippen molar-refractivity contribution in [1.29, 1.82) is 0 Å². The summed E-state index contributed by atoms with van der Waals surface area (Å²) in [4.78, 5) is 22.6. The van der Waals surface area contributed by atoms with E-state index in [4.69, 9.17) is 14.7 Å². The highest BCUT2D eigenvalue weighted by molar-refractivity contribution is 5.97. The summed E-state index contributed by atoms with van der Waals surface area (Å²) in [7, 11) is 2.44. The van der Waals surface area contributed by atoms with Gasteiger partial charge in [0.05, 0.1) is 20.3 Å². The van der Waals surface area contributed by atoms with Crippen molar-refractivity contribution in [3.63, 3.8) is 0 Å². The Kier molecular flexibility index (Phi) is 5.52. The number of esters is 1. The Bertz CT molecular complexity index is 1170. The van der Waals surface area contributed by atoms with E-state index in [1.54, 1.807) is 0 Å². The Morgan fingerprint density at radius 2 is 1.97 bits per heavy atom. The van der Waals surface area contributed by atoms with Crippen LogP contribution in [0.3, 0.4) is 0 Å². The van der Waals surface area contributed by atoms with Crippen LogP contribution >= 0.6 is 0 Å². The number of fused-ring (bicyclic) bond motifs is 1. The fourth-order valence-electron chi connectivity index (χ4n) is 2.80. The zero-order chi connectivity index (χ0) is 22.1. The van der Waals surface area contributed by atoms with E-state index in [2.05, 4.69) is 24.7 Å². The molecule has 0 saturated carbocycles. The van der Waals surface area contributed by atoms with Crippen LogP contribution < -0.4 is 4.74 Å². The first-order valence-corrected chi connectivity index (χ1v) is 8.39. The number of halogens is 3. The van der Waals surface area contributed by atoms with E-state index in [1.807, 2.05) is 0 Å². The van der Waals surface area contributed by atoms with Crippen molar-refractivity contribution in [2.24, 2.45) is 5.11 Å². The molecular formula is C18H14F3N5O4. The number of aromatic nitrogens is 2. The van der Waals surface area contributed by atoms with Crippen molar-refractivity contribution in [3.05, 3.63) is 51.9 Å². The third kappa shape index (κ3) is 3.72. The number of hydrogen-bond donors (Lipinski definition) is 0. The summed E-state index contributed by atoms with van der Waals surface area (Å²) >= 11 is 0. The highest BCUT2D eigenvalue weighted by Gasteiger charge is 2.33. The van der Waals surface area contributed by atoms with Gasteiger partial charge in [0.15, 0.2) is 0 Å². The quantitative estimate of drug-likeness (QED) is 0.245. The minimum absolute atomic E-state index is 0.0264. The lowest BCUT2D eigenvalue weighted by atomic mass is 10.1. The highest BCUT2D eigenvalue weighted by atomic mass is 19.4. The maximum Gasteiger partial charge on any atom is 0.433 e. The number of ether oxygens (including phenoxy) is 2. The molecule has 0 aliphatic carbocycles. The largest absolute Gasteiger partial charge is 0.494 e. The van der Waals surface area contributed by atoms with Crippen LogP contribution in [0.5, 0.6) is 5.75 Å². The number of methoxy groups -OCH3 is 2. The summed E-state index contributed by atoms with van der Waals surface area (Å²) in [6.45, 7) is 1.50. The van der Waals surface area contributed by atoms with E-state index >= 15 is 0 Å². The lowest BCUT2D eigenvalue weighted by Crippen LogP contribution is -2.08. The molecule has 12 heteroatoms. The molecule has 0 aliphatic heterocycles. The monoisotopic (exact) mass is 421 g/mol. The van der Waals surface area contributed by atoms with E-state index in [0.717, 1.165) is 13.2 Å². The van der Waals surface area contributed by atoms with Gasteiger partial charge in [0, 0.05) is 15.9 Å². The number of rotatable bonds is 5. The predicted molar refractivity (Wildman–Crippen MR) is 97.7 cm³/mol. The lowest BCUT2D eigenvalue weighted by molar-refractivity contribution is -0.140. The highest BCUT2D eigenvalue weighted by Crippen LogP contribution is 2.37. The summed E-state index contributed by atoms with van der Waals surface area (Å²) in [5, 5.41) is 3.75. The molecule has 0 aliphatic rings. The first kappa shape index (κ1) is 20.9. The topological polar surface area (TPSA) is 123 Å². The fourth-order valence-corrected chi connectivity index (χ4v) is 2.80. The number of carbonyl (C=O) groups excluding carboxylic acids is 1. The molecule has 0 fully saturated rings. The van der Waals surface area contributed by atoms with Crippen LogP contribution in [0.15, 0.2) is 33.8 Å². The van der Waals surface area contributed by atoms with Crippen molar-refractivity contribution in [3.8, 4) is 17.2 Å². The molecule has 0 saturated heterocycles. The van der Waals surface area contributed by atoms with E-state index in [-0.39, 0.29) is 39.6 Å². The average Bonchev–Trinajstić information content (AvgIpc) is 3.16. The molecule has 2 aromatic heterocycles. The van der Waals surface area contributed by atoms with Crippen LogP contribution in [-0.2, 0) is 10.9 Å². The second-order valence-electron chi connectivity index (χ2n) is 6.01. The lowest BCUT2D eigenvalue weighted by Gasteiger charge is -2.11. The van der Waals surface area contributed by atoms with Crippen LogP contribution in [-0.4, -0.2) is 30.2 Å². The van der Waals surface area contributed by atoms with E-state index in [1.165, 1.54) is 32.2 Å². The smallest absolute Gasteiger partial charge is 0.433 e. The molecule has 3 rings (SSSR count). The van der Waals surface area contributed by atoms with Gasteiger partial charge in [-0.1, -0.05) is 12.0 Å². The molecule has 2 heterocycles. The Morgan fingerprint density at radius 1 is 1.23 bits per heavy atom. The summed E-state index contributed by atoms with van der Waals surface area (Å²) in [6.07, 6.45) is -4.64. The fraction of sp³-hybridized carbons (Fsp3) is 0.278. The minimum Gasteiger partial charge on any atom is -0.494 e. The van der Waals surface area contributed by atoms with Crippen LogP contribution in [0.25, 0.3) is 32.8 Å². The number of oxazole rings is 1. The van der Waals surface area contributed by atoms with E-state index in [9.17, 15) is 18.0 Å². The van der Waals surface area contributed by atoms with Gasteiger partial charge >= 0.3 is 12.1 Å². The second kappa shape index (κ2) is 7.91. The van der Waals surface area contributed by atoms with Crippen LogP contribution in [0.1, 0.15) is 34.9 Å². The van der Waals surface area contributed by atoms with E-state index in [0.29, 0.717) is 0 Å². The number of pyridine rings is 1. The first-order valence-electron chi connectivity index (χ1n) is 8.39. The van der Waals surface area contributed by atoms with Gasteiger partial charge in [-0.25, -0.2) is 14.8 Å². The molecule has 1 atom stereocenters. The molecule has 3 aromatic rings. The zero-order valence-electron chi connectivity index (χ0n) is 15.9. The maximum absolute atomic E-state index is 13.1. The Morgan fingerprint density at radius 3 is 2.57 bits per heavy atom. The van der Waals surface area contributed by atoms with Crippen LogP contribution in [0.4, 0.5) is 13.2 Å². The minimum atomic E-state index is -4.64. The van der Waals surface area contributed by atoms with Gasteiger partial charge in [0.25, 0.3) is 0 Å². The van der Waals surface area contributed by atoms with Crippen molar-refractivity contribution in [2.75, 3.05) is 14.2 Å². The second-order valence-corrected chi connectivity index (χ2v) is 6.01. The van der Waals surface area contributed by atoms with Crippen molar-refractivity contribution in [2.45, 2.75) is 19.1 Å². The molecule has 0 bridgehead atoms. The Balaban J connectivity index is 2.26. The Hall–Kier alpha value is -3.79. The van der Waals surface area contributed by atoms with Gasteiger partial charge in [-0.2, -0.15) is 13.2 Å². The molecule has 30 heavy (non-hydrogen) atoms. The third-order valence-corrected chi connectivity index (χ3v) is 4.21. The summed E-state index contributed by atoms with van der Waals surface area (Å²) in [6, 6.07) is 4.08. The molecule has 9 nitrogen and oxygen atoms in total. The standard InChI is InChI=1S/C18H14F3N5O4/c1-8(25-26-22)13-15(17(27)29-3)30-16(24-13)10-4-6-11(28-2)14-9(10)5-7-12(23-14)18(19,20)21/h4-8H,1-3H3. The summed E-state index contributed by atoms with van der Waals surface area (Å²) in [5.41, 5.74) is 7.80. The van der Waals surface area contributed by atoms with Gasteiger partial charge in [-0.05, 0) is 29.8 Å². The number of azide groups is 1. The predicted octanol–water partition coefficient (Wildman–Crippen LogP) is 5.08. The molecule has 0 amide bonds. The number of alkyl halides is 3. The average molecular weight is 421 g/mol. The molecule has 156 valence electrons. The van der Waals surface area contributed by atoms with Gasteiger partial charge < -0.3 is 13.9 Å². The zero-order valence-corrected chi connectivity index (χ0v) is 15.9. The molecule has 0 N–H and O–H groups in total. The molecular weight excluding hydrogens is 407 g/mol. The summed E-state index contributed by atoms with van der Waals surface area (Å²) in [5.74, 6) is -1.10.